The number of hydrogen-bond acceptors (Lipinski definition) is 5. The number of hydrogen-bond donors (Lipinski definition) is 3. The van der Waals surface area contributed by atoms with E-state index >= 15 is 0 Å². The SMILES string of the molecule is C=C/C(CC(/C=C\CC)=C/C)=C(\C=C)OC(CO)SC(CO)C(C)O.CC. The van der Waals surface area contributed by atoms with Gasteiger partial charge in [0.2, 0.25) is 0 Å². The molecule has 3 N–H and O–H groups in total. The van der Waals surface area contributed by atoms with Crippen LogP contribution in [0.25, 0.3) is 0 Å². The molecule has 5 heteroatoms. The van der Waals surface area contributed by atoms with Crippen LogP contribution in [0, 0.1) is 0 Å². The van der Waals surface area contributed by atoms with Gasteiger partial charge in [0.1, 0.15) is 5.76 Å². The topological polar surface area (TPSA) is 69.9 Å². The lowest BCUT2D eigenvalue weighted by Gasteiger charge is -2.24. The Morgan fingerprint density at radius 1 is 1.15 bits per heavy atom. The van der Waals surface area contributed by atoms with Gasteiger partial charge in [0, 0.05) is 6.42 Å². The summed E-state index contributed by atoms with van der Waals surface area (Å²) in [5.41, 5.74) is 1.38. The van der Waals surface area contributed by atoms with Gasteiger partial charge in [0.05, 0.1) is 24.6 Å². The summed E-state index contributed by atoms with van der Waals surface area (Å²) >= 11 is 1.19. The molecule has 0 radical (unpaired) electrons. The van der Waals surface area contributed by atoms with Crippen molar-refractivity contribution in [2.45, 2.75) is 64.3 Å². The Bertz CT molecular complexity index is 493. The van der Waals surface area contributed by atoms with Gasteiger partial charge in [-0.05, 0) is 37.5 Å². The van der Waals surface area contributed by atoms with E-state index in [0.717, 1.165) is 17.6 Å². The van der Waals surface area contributed by atoms with Gasteiger partial charge in [0.15, 0.2) is 5.44 Å². The number of rotatable bonds is 13. The van der Waals surface area contributed by atoms with Crippen LogP contribution >= 0.6 is 11.8 Å². The summed E-state index contributed by atoms with van der Waals surface area (Å²) in [6.45, 7) is 16.8. The van der Waals surface area contributed by atoms with Crippen LogP contribution < -0.4 is 0 Å². The van der Waals surface area contributed by atoms with Crippen molar-refractivity contribution in [3.05, 3.63) is 60.4 Å². The molecule has 0 aromatic rings. The lowest BCUT2D eigenvalue weighted by Crippen LogP contribution is -2.28. The Labute approximate surface area is 170 Å². The zero-order valence-corrected chi connectivity index (χ0v) is 18.3. The zero-order valence-electron chi connectivity index (χ0n) is 17.5. The minimum Gasteiger partial charge on any atom is -0.477 e. The fourth-order valence-corrected chi connectivity index (χ4v) is 2.96. The van der Waals surface area contributed by atoms with Crippen LogP contribution in [0.2, 0.25) is 0 Å². The second-order valence-electron chi connectivity index (χ2n) is 5.48. The molecule has 3 unspecified atom stereocenters. The van der Waals surface area contributed by atoms with Crippen LogP contribution in [0.1, 0.15) is 47.5 Å². The van der Waals surface area contributed by atoms with Gasteiger partial charge in [-0.3, -0.25) is 0 Å². The molecular weight excluding hydrogens is 360 g/mol. The van der Waals surface area contributed by atoms with E-state index in [2.05, 4.69) is 32.2 Å². The van der Waals surface area contributed by atoms with Crippen LogP contribution in [0.3, 0.4) is 0 Å². The summed E-state index contributed by atoms with van der Waals surface area (Å²) < 4.78 is 5.86. The van der Waals surface area contributed by atoms with Crippen LogP contribution in [0.4, 0.5) is 0 Å². The van der Waals surface area contributed by atoms with Gasteiger partial charge >= 0.3 is 0 Å². The predicted molar refractivity (Wildman–Crippen MR) is 119 cm³/mol. The van der Waals surface area contributed by atoms with Crippen molar-refractivity contribution in [2.75, 3.05) is 13.2 Å². The third kappa shape index (κ3) is 11.9. The van der Waals surface area contributed by atoms with E-state index in [9.17, 15) is 15.3 Å². The maximum absolute atomic E-state index is 9.66. The highest BCUT2D eigenvalue weighted by Crippen LogP contribution is 2.27. The third-order valence-corrected chi connectivity index (χ3v) is 4.97. The minimum absolute atomic E-state index is 0.200. The molecule has 0 rings (SSSR count). The molecule has 4 nitrogen and oxygen atoms in total. The molecule has 0 aliphatic carbocycles. The fourth-order valence-electron chi connectivity index (χ4n) is 2.02. The molecule has 0 aliphatic heterocycles. The average Bonchev–Trinajstić information content (AvgIpc) is 2.70. The lowest BCUT2D eigenvalue weighted by atomic mass is 10.0. The van der Waals surface area contributed by atoms with Gasteiger partial charge in [0.25, 0.3) is 0 Å². The molecule has 0 bridgehead atoms. The smallest absolute Gasteiger partial charge is 0.167 e. The molecule has 156 valence electrons. The van der Waals surface area contributed by atoms with Crippen molar-refractivity contribution >= 4 is 11.8 Å². The summed E-state index contributed by atoms with van der Waals surface area (Å²) in [5, 5.41) is 28.1. The molecule has 0 saturated heterocycles. The number of aliphatic hydroxyl groups is 3. The second kappa shape index (κ2) is 18.1. The largest absolute Gasteiger partial charge is 0.477 e. The summed E-state index contributed by atoms with van der Waals surface area (Å²) in [7, 11) is 0. The lowest BCUT2D eigenvalue weighted by molar-refractivity contribution is 0.119. The molecule has 27 heavy (non-hydrogen) atoms. The normalized spacial score (nSPS) is 15.9. The Hall–Kier alpha value is -1.27. The van der Waals surface area contributed by atoms with Crippen molar-refractivity contribution in [3.8, 4) is 0 Å². The first-order valence-corrected chi connectivity index (χ1v) is 10.4. The van der Waals surface area contributed by atoms with Crippen LogP contribution in [-0.2, 0) is 4.74 Å². The Morgan fingerprint density at radius 3 is 2.15 bits per heavy atom. The molecule has 0 fully saturated rings. The molecule has 0 aliphatic rings. The number of thioether (sulfide) groups is 1. The standard InChI is InChI=1S/C20H32O4S.C2H6/c1-6-10-11-16(7-2)12-17(8-3)18(9-4)24-20(14-22)25-19(13-21)15(5)23;1-2/h7-11,15,19-23H,3-4,6,12-14H2,1-2,5H3;1-2H3/b11-10-,16-7+,18-17-;. The highest BCUT2D eigenvalue weighted by molar-refractivity contribution is 8.00. The Morgan fingerprint density at radius 2 is 1.78 bits per heavy atom. The van der Waals surface area contributed by atoms with Crippen molar-refractivity contribution in [3.63, 3.8) is 0 Å². The van der Waals surface area contributed by atoms with Gasteiger partial charge in [-0.2, -0.15) is 0 Å². The summed E-state index contributed by atoms with van der Waals surface area (Å²) in [6, 6.07) is 0. The summed E-state index contributed by atoms with van der Waals surface area (Å²) in [6.07, 6.45) is 10.4. The number of allylic oxidation sites excluding steroid dienone is 7. The number of ether oxygens (including phenoxy) is 1. The molecule has 0 amide bonds. The average molecular weight is 399 g/mol. The first-order valence-electron chi connectivity index (χ1n) is 9.48. The van der Waals surface area contributed by atoms with E-state index in [0.29, 0.717) is 12.2 Å². The maximum atomic E-state index is 9.66. The van der Waals surface area contributed by atoms with Crippen molar-refractivity contribution in [1.29, 1.82) is 0 Å². The monoisotopic (exact) mass is 398 g/mol. The summed E-state index contributed by atoms with van der Waals surface area (Å²) in [5.74, 6) is 0.535. The van der Waals surface area contributed by atoms with Crippen LogP contribution in [0.5, 0.6) is 0 Å². The van der Waals surface area contributed by atoms with Crippen LogP contribution in [0.15, 0.2) is 60.4 Å². The fraction of sp³-hybridized carbons (Fsp3) is 0.545. The molecule has 0 saturated carbocycles. The Balaban J connectivity index is 0. The predicted octanol–water partition coefficient (Wildman–Crippen LogP) is 4.75. The van der Waals surface area contributed by atoms with E-state index in [1.165, 1.54) is 11.8 Å². The molecule has 0 aromatic carbocycles. The van der Waals surface area contributed by atoms with E-state index in [-0.39, 0.29) is 13.2 Å². The molecular formula is C22H38O4S. The zero-order chi connectivity index (χ0) is 21.2. The highest BCUT2D eigenvalue weighted by Gasteiger charge is 2.22. The quantitative estimate of drug-likeness (QED) is 0.237. The summed E-state index contributed by atoms with van der Waals surface area (Å²) in [4.78, 5) is 0. The molecule has 0 spiro atoms. The van der Waals surface area contributed by atoms with Crippen molar-refractivity contribution in [1.82, 2.24) is 0 Å². The second-order valence-corrected chi connectivity index (χ2v) is 6.88. The highest BCUT2D eigenvalue weighted by atomic mass is 32.2. The van der Waals surface area contributed by atoms with Gasteiger partial charge in [-0.1, -0.05) is 58.2 Å². The van der Waals surface area contributed by atoms with E-state index in [1.54, 1.807) is 19.1 Å². The number of aliphatic hydroxyl groups excluding tert-OH is 3. The third-order valence-electron chi connectivity index (χ3n) is 3.53. The van der Waals surface area contributed by atoms with Crippen molar-refractivity contribution in [2.24, 2.45) is 0 Å². The van der Waals surface area contributed by atoms with Crippen LogP contribution in [-0.4, -0.2) is 45.3 Å². The molecule has 0 heterocycles. The molecule has 0 aromatic heterocycles. The molecule has 3 atom stereocenters. The van der Waals surface area contributed by atoms with E-state index in [1.807, 2.05) is 26.8 Å². The first kappa shape index (κ1) is 27.9. The minimum atomic E-state index is -0.712. The van der Waals surface area contributed by atoms with E-state index < -0.39 is 16.8 Å². The Kier molecular flexibility index (Phi) is 18.7. The maximum Gasteiger partial charge on any atom is 0.167 e. The first-order chi connectivity index (χ1) is 13.0. The van der Waals surface area contributed by atoms with Gasteiger partial charge < -0.3 is 20.1 Å². The van der Waals surface area contributed by atoms with Crippen molar-refractivity contribution < 1.29 is 20.1 Å². The van der Waals surface area contributed by atoms with Gasteiger partial charge in [-0.15, -0.1) is 11.8 Å². The van der Waals surface area contributed by atoms with E-state index in [4.69, 9.17) is 4.74 Å². The van der Waals surface area contributed by atoms with Gasteiger partial charge in [-0.25, -0.2) is 0 Å².